The fourth-order valence-corrected chi connectivity index (χ4v) is 6.93. The van der Waals surface area contributed by atoms with Crippen molar-refractivity contribution in [2.24, 2.45) is 16.3 Å². The van der Waals surface area contributed by atoms with Crippen LogP contribution in [-0.2, 0) is 24.1 Å². The molecule has 2 aliphatic heterocycles. The Hall–Kier alpha value is -3.49. The average molecular weight is 599 g/mol. The number of hydrogen-bond donors (Lipinski definition) is 2. The van der Waals surface area contributed by atoms with Crippen LogP contribution in [0.25, 0.3) is 11.3 Å². The molecule has 232 valence electrons. The lowest BCUT2D eigenvalue weighted by Gasteiger charge is -2.34. The Morgan fingerprint density at radius 3 is 2.55 bits per heavy atom. The van der Waals surface area contributed by atoms with Gasteiger partial charge in [-0.1, -0.05) is 45.0 Å². The van der Waals surface area contributed by atoms with Crippen LogP contribution in [-0.4, -0.2) is 62.3 Å². The molecule has 1 saturated heterocycles. The molecule has 7 nitrogen and oxygen atoms in total. The van der Waals surface area contributed by atoms with Crippen molar-refractivity contribution in [3.63, 3.8) is 0 Å². The Bertz CT molecular complexity index is 1550. The second-order valence-corrected chi connectivity index (χ2v) is 13.9. The quantitative estimate of drug-likeness (QED) is 0.313. The average Bonchev–Trinajstić information content (AvgIpc) is 3.41. The summed E-state index contributed by atoms with van der Waals surface area (Å²) in [6, 6.07) is 10.8. The van der Waals surface area contributed by atoms with Crippen LogP contribution in [0.5, 0.6) is 5.75 Å². The van der Waals surface area contributed by atoms with Crippen LogP contribution in [0.15, 0.2) is 47.6 Å². The highest BCUT2D eigenvalue weighted by Crippen LogP contribution is 2.39. The van der Waals surface area contributed by atoms with Crippen molar-refractivity contribution in [2.45, 2.75) is 84.2 Å². The van der Waals surface area contributed by atoms with Crippen molar-refractivity contribution in [1.29, 1.82) is 0 Å². The van der Waals surface area contributed by atoms with Gasteiger partial charge in [-0.3, -0.25) is 9.78 Å². The maximum absolute atomic E-state index is 14.5. The van der Waals surface area contributed by atoms with Crippen LogP contribution in [0.4, 0.5) is 10.1 Å². The van der Waals surface area contributed by atoms with E-state index in [4.69, 9.17) is 9.98 Å². The number of rotatable bonds is 8. The number of ketones is 1. The third-order valence-electron chi connectivity index (χ3n) is 9.84. The van der Waals surface area contributed by atoms with E-state index in [2.05, 4.69) is 36.7 Å². The van der Waals surface area contributed by atoms with E-state index in [0.717, 1.165) is 86.9 Å². The fraction of sp³-hybridized carbons (Fsp3) is 0.500. The number of halogens is 1. The number of likely N-dealkylation sites (tertiary alicyclic amines) is 1. The van der Waals surface area contributed by atoms with E-state index in [-0.39, 0.29) is 34.7 Å². The van der Waals surface area contributed by atoms with Gasteiger partial charge in [0.2, 0.25) is 0 Å². The molecule has 0 spiro atoms. The van der Waals surface area contributed by atoms with Crippen LogP contribution >= 0.6 is 0 Å². The molecule has 6 rings (SSSR count). The second-order valence-electron chi connectivity index (χ2n) is 13.9. The lowest BCUT2D eigenvalue weighted by atomic mass is 9.71. The van der Waals surface area contributed by atoms with E-state index in [0.29, 0.717) is 30.0 Å². The predicted octanol–water partition coefficient (Wildman–Crippen LogP) is 6.36. The molecule has 1 aliphatic carbocycles. The molecule has 3 aromatic rings. The predicted molar refractivity (Wildman–Crippen MR) is 170 cm³/mol. The van der Waals surface area contributed by atoms with Gasteiger partial charge in [0.05, 0.1) is 29.4 Å². The molecule has 0 unspecified atom stereocenters. The standard InChI is InChI=1S/C36H43FN4O3/c1-36(2,3)26-8-9-30-25(16-26)17-31-32(39-30)20-33(40-31)34(44)18-24(10-13-41-14-11-27(42)12-15-41)22-4-6-23(7-5-22)35-29(37)19-28(43)21-38-35/h4-7,17,19,21,24,26-27,42-43H,8-16,18,20H2,1-3H3/t24-,26-/m0/s1. The first-order chi connectivity index (χ1) is 21.0. The minimum Gasteiger partial charge on any atom is -0.506 e. The van der Waals surface area contributed by atoms with Crippen LogP contribution in [0.1, 0.15) is 81.3 Å². The zero-order chi connectivity index (χ0) is 31.0. The molecular weight excluding hydrogens is 555 g/mol. The first kappa shape index (κ1) is 30.5. The van der Waals surface area contributed by atoms with Crippen LogP contribution < -0.4 is 0 Å². The van der Waals surface area contributed by atoms with Gasteiger partial charge in [0.15, 0.2) is 11.6 Å². The number of carbonyl (C=O) groups excluding carboxylic acids is 1. The molecule has 2 atom stereocenters. The highest BCUT2D eigenvalue weighted by atomic mass is 19.1. The number of piperidine rings is 1. The Morgan fingerprint density at radius 2 is 1.84 bits per heavy atom. The minimum absolute atomic E-state index is 0.0406. The van der Waals surface area contributed by atoms with E-state index < -0.39 is 5.82 Å². The number of nitrogens with zero attached hydrogens (tertiary/aromatic N) is 4. The number of aromatic hydroxyl groups is 1. The number of aryl methyl sites for hydroxylation is 1. The summed E-state index contributed by atoms with van der Waals surface area (Å²) in [7, 11) is 0. The number of aliphatic imine (C=N–C) groups is 1. The fourth-order valence-electron chi connectivity index (χ4n) is 6.93. The first-order valence-electron chi connectivity index (χ1n) is 16.0. The van der Waals surface area contributed by atoms with Gasteiger partial charge in [0.1, 0.15) is 11.4 Å². The molecule has 0 radical (unpaired) electrons. The highest BCUT2D eigenvalue weighted by Gasteiger charge is 2.32. The minimum atomic E-state index is -0.584. The summed E-state index contributed by atoms with van der Waals surface area (Å²) in [6.07, 6.45) is 7.26. The summed E-state index contributed by atoms with van der Waals surface area (Å²) in [5.74, 6) is -0.185. The molecule has 3 aliphatic rings. The number of aromatic nitrogens is 2. The number of hydrogen-bond acceptors (Lipinski definition) is 7. The van der Waals surface area contributed by atoms with Crippen molar-refractivity contribution in [1.82, 2.24) is 14.9 Å². The van der Waals surface area contributed by atoms with Crippen molar-refractivity contribution < 1.29 is 19.4 Å². The number of benzene rings is 1. The molecule has 8 heteroatoms. The highest BCUT2D eigenvalue weighted by molar-refractivity contribution is 6.41. The lowest BCUT2D eigenvalue weighted by Crippen LogP contribution is -2.37. The van der Waals surface area contributed by atoms with Gasteiger partial charge < -0.3 is 15.1 Å². The Balaban J connectivity index is 1.19. The van der Waals surface area contributed by atoms with Gasteiger partial charge in [0, 0.05) is 43.3 Å². The number of aliphatic hydroxyl groups excluding tert-OH is 1. The summed E-state index contributed by atoms with van der Waals surface area (Å²) in [5.41, 5.74) is 6.83. The number of pyridine rings is 2. The summed E-state index contributed by atoms with van der Waals surface area (Å²) in [4.78, 5) is 30.0. The van der Waals surface area contributed by atoms with E-state index >= 15 is 0 Å². The lowest BCUT2D eigenvalue weighted by molar-refractivity contribution is -0.113. The Kier molecular flexibility index (Phi) is 8.66. The summed E-state index contributed by atoms with van der Waals surface area (Å²) in [5, 5.41) is 19.5. The van der Waals surface area contributed by atoms with Crippen LogP contribution in [0, 0.1) is 17.2 Å². The molecule has 0 saturated carbocycles. The maximum atomic E-state index is 14.5. The zero-order valence-corrected chi connectivity index (χ0v) is 26.0. The van der Waals surface area contributed by atoms with Crippen molar-refractivity contribution in [2.75, 3.05) is 19.6 Å². The third kappa shape index (κ3) is 6.76. The molecule has 1 aromatic carbocycles. The van der Waals surface area contributed by atoms with E-state index in [9.17, 15) is 19.4 Å². The molecule has 0 amide bonds. The van der Waals surface area contributed by atoms with E-state index in [1.54, 1.807) is 0 Å². The number of aliphatic hydroxyl groups is 1. The number of Topliss-reactive ketones (excluding diaryl/α,β-unsaturated/α-hetero) is 1. The van der Waals surface area contributed by atoms with Crippen molar-refractivity contribution in [3.05, 3.63) is 70.9 Å². The monoisotopic (exact) mass is 598 g/mol. The largest absolute Gasteiger partial charge is 0.506 e. The molecule has 1 fully saturated rings. The van der Waals surface area contributed by atoms with Gasteiger partial charge in [-0.25, -0.2) is 14.4 Å². The summed E-state index contributed by atoms with van der Waals surface area (Å²) >= 11 is 0. The smallest absolute Gasteiger partial charge is 0.178 e. The first-order valence-corrected chi connectivity index (χ1v) is 16.0. The molecule has 44 heavy (non-hydrogen) atoms. The van der Waals surface area contributed by atoms with Crippen LogP contribution in [0.3, 0.4) is 0 Å². The second kappa shape index (κ2) is 12.5. The zero-order valence-electron chi connectivity index (χ0n) is 26.0. The van der Waals surface area contributed by atoms with Gasteiger partial charge in [-0.2, -0.15) is 0 Å². The molecular formula is C36H43FN4O3. The molecule has 2 N–H and O–H groups in total. The summed E-state index contributed by atoms with van der Waals surface area (Å²) in [6.45, 7) is 9.44. The van der Waals surface area contributed by atoms with E-state index in [1.807, 2.05) is 24.3 Å². The topological polar surface area (TPSA) is 98.9 Å². The van der Waals surface area contributed by atoms with Gasteiger partial charge in [0.25, 0.3) is 0 Å². The van der Waals surface area contributed by atoms with Crippen molar-refractivity contribution >= 4 is 17.2 Å². The van der Waals surface area contributed by atoms with Crippen LogP contribution in [0.2, 0.25) is 0 Å². The van der Waals surface area contributed by atoms with Gasteiger partial charge >= 0.3 is 0 Å². The molecule has 4 heterocycles. The normalized spacial score (nSPS) is 19.8. The Morgan fingerprint density at radius 1 is 1.09 bits per heavy atom. The summed E-state index contributed by atoms with van der Waals surface area (Å²) < 4.78 is 14.5. The Labute approximate surface area is 259 Å². The van der Waals surface area contributed by atoms with Crippen molar-refractivity contribution in [3.8, 4) is 17.0 Å². The number of fused-ring (bicyclic) bond motifs is 2. The molecule has 0 bridgehead atoms. The van der Waals surface area contributed by atoms with Gasteiger partial charge in [-0.05, 0) is 79.5 Å². The third-order valence-corrected chi connectivity index (χ3v) is 9.84. The maximum Gasteiger partial charge on any atom is 0.178 e. The number of carbonyl (C=O) groups is 1. The SMILES string of the molecule is CC(C)(C)[C@H]1CCc2nc3c(cc2C1)N=C(C(=O)C[C@H](CCN1CCC(O)CC1)c1ccc(-c2ncc(O)cc2F)cc1)C3. The van der Waals surface area contributed by atoms with E-state index in [1.165, 1.54) is 11.8 Å². The molecule has 2 aromatic heterocycles. The van der Waals surface area contributed by atoms with Gasteiger partial charge in [-0.15, -0.1) is 0 Å².